The molecule has 0 spiro atoms. The molecule has 2 heteroatoms. The van der Waals surface area contributed by atoms with Crippen LogP contribution in [-0.4, -0.2) is 5.21 Å². The molecule has 0 unspecified atom stereocenters. The molecule has 1 aromatic rings. The zero-order valence-electron chi connectivity index (χ0n) is 8.20. The molecule has 13 heavy (non-hydrogen) atoms. The minimum absolute atomic E-state index is 0.866. The van der Waals surface area contributed by atoms with Gasteiger partial charge in [0.1, 0.15) is 0 Å². The van der Waals surface area contributed by atoms with E-state index in [9.17, 15) is 0 Å². The first kappa shape index (κ1) is 11.4. The minimum Gasteiger partial charge on any atom is -0.285 e. The minimum atomic E-state index is 0.866. The maximum Gasteiger partial charge on any atom is 0.230 e. The first-order valence-electron chi connectivity index (χ1n) is 4.27. The molecule has 0 aromatic carbocycles. The van der Waals surface area contributed by atoms with Crippen LogP contribution in [0, 0.1) is 0 Å². The second kappa shape index (κ2) is 6.00. The summed E-state index contributed by atoms with van der Waals surface area (Å²) < 4.78 is 0.990. The first-order valence-corrected chi connectivity index (χ1v) is 4.27. The summed E-state index contributed by atoms with van der Waals surface area (Å²) in [5.74, 6) is 0. The first-order chi connectivity index (χ1) is 6.27. The average molecular weight is 178 g/mol. The van der Waals surface area contributed by atoms with Crippen molar-refractivity contribution in [3.8, 4) is 0 Å². The number of pyridine rings is 1. The highest BCUT2D eigenvalue weighted by atomic mass is 16.5. The van der Waals surface area contributed by atoms with E-state index < -0.39 is 0 Å². The maximum absolute atomic E-state index is 9.00. The second-order valence-corrected chi connectivity index (χ2v) is 2.14. The van der Waals surface area contributed by atoms with Gasteiger partial charge in [-0.1, -0.05) is 39.2 Å². The molecular formula is C11H16NO+. The van der Waals surface area contributed by atoms with Gasteiger partial charge in [0, 0.05) is 10.8 Å². The molecule has 0 saturated carbocycles. The van der Waals surface area contributed by atoms with E-state index in [0.29, 0.717) is 0 Å². The lowest BCUT2D eigenvalue weighted by Gasteiger charge is -1.94. The van der Waals surface area contributed by atoms with Crippen LogP contribution in [-0.2, 0) is 0 Å². The summed E-state index contributed by atoms with van der Waals surface area (Å²) >= 11 is 0. The molecule has 0 radical (unpaired) electrons. The number of rotatable bonds is 2. The molecule has 1 aromatic heterocycles. The largest absolute Gasteiger partial charge is 0.285 e. The van der Waals surface area contributed by atoms with Crippen LogP contribution < -0.4 is 4.73 Å². The number of aromatic nitrogens is 1. The average Bonchev–Trinajstić information content (AvgIpc) is 2.20. The molecule has 1 rings (SSSR count). The fourth-order valence-corrected chi connectivity index (χ4v) is 0.869. The van der Waals surface area contributed by atoms with Crippen molar-refractivity contribution < 1.29 is 9.94 Å². The Morgan fingerprint density at radius 3 is 2.23 bits per heavy atom. The van der Waals surface area contributed by atoms with E-state index in [1.807, 2.05) is 13.8 Å². The van der Waals surface area contributed by atoms with E-state index in [-0.39, 0.29) is 0 Å². The Hall–Kier alpha value is -1.57. The van der Waals surface area contributed by atoms with Crippen LogP contribution in [0.1, 0.15) is 25.0 Å². The van der Waals surface area contributed by atoms with Crippen LogP contribution in [0.3, 0.4) is 0 Å². The van der Waals surface area contributed by atoms with Gasteiger partial charge in [0.25, 0.3) is 0 Å². The highest BCUT2D eigenvalue weighted by Gasteiger charge is 2.01. The highest BCUT2D eigenvalue weighted by Crippen LogP contribution is 2.07. The predicted molar refractivity (Wildman–Crippen MR) is 55.4 cm³/mol. The standard InChI is InChI=1S/C9H10NO.C2H6/c1-3-8-5-6-10(11)7-9(8)4-2;1-2/h3-7,11H,1-2H2;1-2H3/q+1;. The smallest absolute Gasteiger partial charge is 0.230 e. The van der Waals surface area contributed by atoms with Crippen LogP contribution >= 0.6 is 0 Å². The van der Waals surface area contributed by atoms with Crippen LogP contribution in [0.2, 0.25) is 0 Å². The predicted octanol–water partition coefficient (Wildman–Crippen LogP) is 2.52. The van der Waals surface area contributed by atoms with Gasteiger partial charge in [-0.3, -0.25) is 5.21 Å². The van der Waals surface area contributed by atoms with Crippen LogP contribution in [0.5, 0.6) is 0 Å². The van der Waals surface area contributed by atoms with Gasteiger partial charge in [-0.05, 0) is 5.56 Å². The van der Waals surface area contributed by atoms with Gasteiger partial charge in [-0.25, -0.2) is 0 Å². The Morgan fingerprint density at radius 1 is 1.23 bits per heavy atom. The topological polar surface area (TPSA) is 24.1 Å². The van der Waals surface area contributed by atoms with Crippen molar-refractivity contribution in [2.24, 2.45) is 0 Å². The Balaban J connectivity index is 0.000000671. The molecule has 0 bridgehead atoms. The Morgan fingerprint density at radius 2 is 1.77 bits per heavy atom. The van der Waals surface area contributed by atoms with Crippen molar-refractivity contribution in [3.63, 3.8) is 0 Å². The van der Waals surface area contributed by atoms with Crippen molar-refractivity contribution in [2.45, 2.75) is 13.8 Å². The second-order valence-electron chi connectivity index (χ2n) is 2.14. The molecule has 70 valence electrons. The number of hydrogen-bond donors (Lipinski definition) is 1. The van der Waals surface area contributed by atoms with Crippen molar-refractivity contribution in [1.29, 1.82) is 0 Å². The molecule has 0 aliphatic rings. The summed E-state index contributed by atoms with van der Waals surface area (Å²) in [5.41, 5.74) is 1.83. The van der Waals surface area contributed by atoms with E-state index >= 15 is 0 Å². The summed E-state index contributed by atoms with van der Waals surface area (Å²) in [4.78, 5) is 0. The van der Waals surface area contributed by atoms with Crippen LogP contribution in [0.15, 0.2) is 31.6 Å². The Kier molecular flexibility index (Phi) is 5.28. The van der Waals surface area contributed by atoms with Crippen LogP contribution in [0.25, 0.3) is 12.2 Å². The Bertz CT molecular complexity index is 292. The summed E-state index contributed by atoms with van der Waals surface area (Å²) in [6.45, 7) is 11.2. The van der Waals surface area contributed by atoms with Crippen molar-refractivity contribution in [3.05, 3.63) is 42.7 Å². The monoisotopic (exact) mass is 178 g/mol. The van der Waals surface area contributed by atoms with Crippen molar-refractivity contribution in [2.75, 3.05) is 0 Å². The molecule has 0 aliphatic carbocycles. The molecule has 0 aliphatic heterocycles. The highest BCUT2D eigenvalue weighted by molar-refractivity contribution is 5.61. The van der Waals surface area contributed by atoms with Gasteiger partial charge in [0.2, 0.25) is 12.4 Å². The molecule has 0 saturated heterocycles. The lowest BCUT2D eigenvalue weighted by molar-refractivity contribution is -0.904. The van der Waals surface area contributed by atoms with Crippen LogP contribution in [0.4, 0.5) is 0 Å². The van der Waals surface area contributed by atoms with Gasteiger partial charge in [-0.2, -0.15) is 0 Å². The zero-order chi connectivity index (χ0) is 10.3. The lowest BCUT2D eigenvalue weighted by Crippen LogP contribution is -2.28. The quantitative estimate of drug-likeness (QED) is 0.546. The molecule has 0 fully saturated rings. The van der Waals surface area contributed by atoms with E-state index in [0.717, 1.165) is 15.9 Å². The van der Waals surface area contributed by atoms with Gasteiger partial charge >= 0.3 is 0 Å². The van der Waals surface area contributed by atoms with Gasteiger partial charge < -0.3 is 0 Å². The third kappa shape index (κ3) is 3.11. The molecule has 2 nitrogen and oxygen atoms in total. The third-order valence-corrected chi connectivity index (χ3v) is 1.45. The molecule has 1 heterocycles. The SMILES string of the molecule is C=Cc1cc[n+](O)cc1C=C.CC. The number of hydrogen-bond acceptors (Lipinski definition) is 1. The summed E-state index contributed by atoms with van der Waals surface area (Å²) in [7, 11) is 0. The molecule has 0 amide bonds. The van der Waals surface area contributed by atoms with E-state index in [4.69, 9.17) is 5.21 Å². The fraction of sp³-hybridized carbons (Fsp3) is 0.182. The number of nitrogens with zero attached hydrogens (tertiary/aromatic N) is 1. The van der Waals surface area contributed by atoms with E-state index in [2.05, 4.69) is 13.2 Å². The summed E-state index contributed by atoms with van der Waals surface area (Å²) in [6, 6.07) is 1.77. The Labute approximate surface area is 79.4 Å². The normalized spacial score (nSPS) is 8.15. The summed E-state index contributed by atoms with van der Waals surface area (Å²) in [6.07, 6.45) is 6.51. The molecule has 0 atom stereocenters. The summed E-state index contributed by atoms with van der Waals surface area (Å²) in [5, 5.41) is 9.00. The van der Waals surface area contributed by atoms with E-state index in [1.54, 1.807) is 30.6 Å². The fourth-order valence-electron chi connectivity index (χ4n) is 0.869. The zero-order valence-corrected chi connectivity index (χ0v) is 8.20. The van der Waals surface area contributed by atoms with Crippen molar-refractivity contribution in [1.82, 2.24) is 0 Å². The lowest BCUT2D eigenvalue weighted by atomic mass is 10.1. The maximum atomic E-state index is 9.00. The molecule has 1 N–H and O–H groups in total. The molecular weight excluding hydrogens is 162 g/mol. The van der Waals surface area contributed by atoms with Gasteiger partial charge in [0.05, 0.1) is 5.56 Å². The van der Waals surface area contributed by atoms with E-state index in [1.165, 1.54) is 0 Å². The third-order valence-electron chi connectivity index (χ3n) is 1.45. The van der Waals surface area contributed by atoms with Crippen molar-refractivity contribution >= 4 is 12.2 Å². The van der Waals surface area contributed by atoms with Gasteiger partial charge in [0.15, 0.2) is 0 Å². The van der Waals surface area contributed by atoms with Gasteiger partial charge in [-0.15, -0.1) is 0 Å².